The summed E-state index contributed by atoms with van der Waals surface area (Å²) in [4.78, 5) is 11.0. The zero-order valence-electron chi connectivity index (χ0n) is 9.10. The van der Waals surface area contributed by atoms with Gasteiger partial charge in [-0.15, -0.1) is 0 Å². The number of hydrogen-bond donors (Lipinski definition) is 1. The van der Waals surface area contributed by atoms with Gasteiger partial charge in [-0.05, 0) is 25.7 Å². The second-order valence-corrected chi connectivity index (χ2v) is 5.39. The van der Waals surface area contributed by atoms with Gasteiger partial charge in [0.15, 0.2) is 0 Å². The van der Waals surface area contributed by atoms with Gasteiger partial charge < -0.3 is 9.84 Å². The first-order chi connectivity index (χ1) is 5.66. The lowest BCUT2D eigenvalue weighted by molar-refractivity contribution is 0.182. The van der Waals surface area contributed by atoms with Gasteiger partial charge >= 0.3 is 6.09 Å². The first kappa shape index (κ1) is 12.7. The monoisotopic (exact) mass is 205 g/mol. The summed E-state index contributed by atoms with van der Waals surface area (Å²) in [5.41, 5.74) is -0.0381. The van der Waals surface area contributed by atoms with E-state index in [1.54, 1.807) is 0 Å². The van der Waals surface area contributed by atoms with E-state index in [0.29, 0.717) is 0 Å². The molecule has 0 aromatic carbocycles. The van der Waals surface area contributed by atoms with E-state index in [1.807, 2.05) is 23.3 Å². The van der Waals surface area contributed by atoms with Crippen LogP contribution in [0.1, 0.15) is 41.0 Å². The lowest BCUT2D eigenvalue weighted by atomic mass is 9.82. The summed E-state index contributed by atoms with van der Waals surface area (Å²) in [6, 6.07) is 0. The van der Waals surface area contributed by atoms with Crippen LogP contribution in [-0.4, -0.2) is 11.6 Å². The Hall–Kier alpha value is -0.300. The van der Waals surface area contributed by atoms with Crippen LogP contribution < -0.4 is 5.32 Å². The van der Waals surface area contributed by atoms with Crippen LogP contribution in [-0.2, 0) is 4.52 Å². The van der Waals surface area contributed by atoms with Crippen molar-refractivity contribution < 1.29 is 9.32 Å². The molecule has 0 bridgehead atoms. The van der Waals surface area contributed by atoms with Crippen LogP contribution in [0, 0.1) is 5.41 Å². The molecule has 1 atom stereocenters. The highest BCUT2D eigenvalue weighted by Crippen LogP contribution is 2.26. The van der Waals surface area contributed by atoms with Gasteiger partial charge in [0.1, 0.15) is 0 Å². The van der Waals surface area contributed by atoms with E-state index in [4.69, 9.17) is 0 Å². The maximum atomic E-state index is 11.0. The molecular weight excluding hydrogens is 185 g/mol. The Morgan fingerprint density at radius 1 is 1.31 bits per heavy atom. The molecule has 0 aliphatic rings. The fourth-order valence-corrected chi connectivity index (χ4v) is 1.73. The van der Waals surface area contributed by atoms with E-state index in [2.05, 4.69) is 30.6 Å². The summed E-state index contributed by atoms with van der Waals surface area (Å²) in [5.74, 6) is 0. The average Bonchev–Trinajstić information content (AvgIpc) is 1.80. The molecule has 0 saturated carbocycles. The second kappa shape index (κ2) is 4.28. The van der Waals surface area contributed by atoms with Crippen LogP contribution in [0.5, 0.6) is 0 Å². The lowest BCUT2D eigenvalue weighted by Gasteiger charge is -2.32. The molecule has 4 heteroatoms. The minimum atomic E-state index is -0.403. The first-order valence-corrected chi connectivity index (χ1v) is 4.82. The van der Waals surface area contributed by atoms with Crippen molar-refractivity contribution in [1.82, 2.24) is 5.32 Å². The minimum absolute atomic E-state index is 0.192. The van der Waals surface area contributed by atoms with Crippen molar-refractivity contribution in [3.05, 3.63) is 0 Å². The second-order valence-electron chi connectivity index (χ2n) is 5.15. The normalized spacial score (nSPS) is 12.5. The van der Waals surface area contributed by atoms with Crippen LogP contribution in [0.3, 0.4) is 0 Å². The summed E-state index contributed by atoms with van der Waals surface area (Å²) < 4.78 is 4.47. The molecule has 0 aromatic heterocycles. The van der Waals surface area contributed by atoms with Crippen molar-refractivity contribution >= 4 is 15.6 Å². The SMILES string of the molecule is CC(C)(C)CC(C)(C)NC(=O)OP. The summed E-state index contributed by atoms with van der Waals surface area (Å²) in [5, 5.41) is 2.78. The molecular formula is C9H20NO2P. The Balaban J connectivity index is 4.16. The Bertz CT molecular complexity index is 185. The maximum absolute atomic E-state index is 11.0. The third-order valence-electron chi connectivity index (χ3n) is 1.52. The van der Waals surface area contributed by atoms with Gasteiger partial charge in [0.2, 0.25) is 0 Å². The van der Waals surface area contributed by atoms with Gasteiger partial charge in [0.05, 0.1) is 9.47 Å². The molecule has 0 aromatic rings. The summed E-state index contributed by atoms with van der Waals surface area (Å²) in [6.45, 7) is 10.4. The summed E-state index contributed by atoms with van der Waals surface area (Å²) in [7, 11) is 1.94. The number of carbonyl (C=O) groups excluding carboxylic acids is 1. The zero-order valence-corrected chi connectivity index (χ0v) is 10.3. The van der Waals surface area contributed by atoms with Crippen molar-refractivity contribution in [3.63, 3.8) is 0 Å². The Morgan fingerprint density at radius 2 is 1.77 bits per heavy atom. The summed E-state index contributed by atoms with van der Waals surface area (Å²) in [6.07, 6.45) is 0.499. The molecule has 1 N–H and O–H groups in total. The van der Waals surface area contributed by atoms with Crippen LogP contribution in [0.25, 0.3) is 0 Å². The standard InChI is InChI=1S/C9H20NO2P/c1-8(2,3)6-9(4,5)10-7(11)12-13/h6,13H2,1-5H3,(H,10,11). The molecule has 0 saturated heterocycles. The van der Waals surface area contributed by atoms with Crippen molar-refractivity contribution in [2.24, 2.45) is 5.41 Å². The number of hydrogen-bond acceptors (Lipinski definition) is 2. The zero-order chi connectivity index (χ0) is 10.7. The molecule has 78 valence electrons. The average molecular weight is 205 g/mol. The number of rotatable bonds is 2. The first-order valence-electron chi connectivity index (χ1n) is 4.35. The maximum Gasteiger partial charge on any atom is 0.409 e. The van der Waals surface area contributed by atoms with Crippen molar-refractivity contribution in [2.75, 3.05) is 0 Å². The van der Waals surface area contributed by atoms with Gasteiger partial charge in [0.25, 0.3) is 0 Å². The minimum Gasteiger partial charge on any atom is -0.435 e. The number of amides is 1. The predicted molar refractivity (Wildman–Crippen MR) is 57.5 cm³/mol. The van der Waals surface area contributed by atoms with Gasteiger partial charge in [0, 0.05) is 5.54 Å². The highest BCUT2D eigenvalue weighted by atomic mass is 31.0. The van der Waals surface area contributed by atoms with E-state index in [-0.39, 0.29) is 11.0 Å². The smallest absolute Gasteiger partial charge is 0.409 e. The van der Waals surface area contributed by atoms with Gasteiger partial charge in [-0.2, -0.15) is 0 Å². The van der Waals surface area contributed by atoms with E-state index < -0.39 is 6.09 Å². The third kappa shape index (κ3) is 6.83. The Morgan fingerprint density at radius 3 is 2.08 bits per heavy atom. The van der Waals surface area contributed by atoms with Crippen molar-refractivity contribution in [2.45, 2.75) is 46.6 Å². The Labute approximate surface area is 82.9 Å². The summed E-state index contributed by atoms with van der Waals surface area (Å²) >= 11 is 0. The lowest BCUT2D eigenvalue weighted by Crippen LogP contribution is -2.45. The molecule has 1 amide bonds. The van der Waals surface area contributed by atoms with Crippen LogP contribution in [0.4, 0.5) is 4.79 Å². The third-order valence-corrected chi connectivity index (χ3v) is 1.73. The highest BCUT2D eigenvalue weighted by molar-refractivity contribution is 7.10. The van der Waals surface area contributed by atoms with Crippen molar-refractivity contribution in [3.8, 4) is 0 Å². The highest BCUT2D eigenvalue weighted by Gasteiger charge is 2.27. The predicted octanol–water partition coefficient (Wildman–Crippen LogP) is 2.72. The fourth-order valence-electron chi connectivity index (χ4n) is 1.68. The molecule has 0 rings (SSSR count). The molecule has 0 fully saturated rings. The molecule has 0 aliphatic carbocycles. The molecule has 0 spiro atoms. The van der Waals surface area contributed by atoms with E-state index in [9.17, 15) is 4.79 Å². The topological polar surface area (TPSA) is 38.3 Å². The molecule has 0 radical (unpaired) electrons. The van der Waals surface area contributed by atoms with Gasteiger partial charge in [-0.1, -0.05) is 20.8 Å². The molecule has 1 unspecified atom stereocenters. The van der Waals surface area contributed by atoms with Crippen molar-refractivity contribution in [1.29, 1.82) is 0 Å². The van der Waals surface area contributed by atoms with Gasteiger partial charge in [-0.3, -0.25) is 0 Å². The van der Waals surface area contributed by atoms with Crippen LogP contribution >= 0.6 is 9.47 Å². The van der Waals surface area contributed by atoms with E-state index in [0.717, 1.165) is 6.42 Å². The van der Waals surface area contributed by atoms with E-state index >= 15 is 0 Å². The van der Waals surface area contributed by atoms with Crippen LogP contribution in [0.15, 0.2) is 0 Å². The quantitative estimate of drug-likeness (QED) is 0.704. The molecule has 3 nitrogen and oxygen atoms in total. The number of nitrogens with one attached hydrogen (secondary N) is 1. The largest absolute Gasteiger partial charge is 0.435 e. The Kier molecular flexibility index (Phi) is 4.18. The van der Waals surface area contributed by atoms with E-state index in [1.165, 1.54) is 0 Å². The van der Waals surface area contributed by atoms with Gasteiger partial charge in [-0.25, -0.2) is 4.79 Å². The fraction of sp³-hybridized carbons (Fsp3) is 0.889. The van der Waals surface area contributed by atoms with Crippen LogP contribution in [0.2, 0.25) is 0 Å². The molecule has 0 heterocycles. The molecule has 13 heavy (non-hydrogen) atoms. The number of carbonyl (C=O) groups is 1. The molecule has 0 aliphatic heterocycles.